The highest BCUT2D eigenvalue weighted by molar-refractivity contribution is 4.84. The number of hydrogen-bond acceptors (Lipinski definition) is 5. The third-order valence-corrected chi connectivity index (χ3v) is 5.75. The van der Waals surface area contributed by atoms with Gasteiger partial charge in [-0.2, -0.15) is 0 Å². The van der Waals surface area contributed by atoms with Crippen molar-refractivity contribution in [3.8, 4) is 0 Å². The van der Waals surface area contributed by atoms with Crippen molar-refractivity contribution in [2.24, 2.45) is 11.8 Å². The molecule has 164 valence electrons. The second kappa shape index (κ2) is 14.7. The highest BCUT2D eigenvalue weighted by atomic mass is 16.5. The smallest absolute Gasteiger partial charge is 0.111 e. The molecule has 0 aliphatic carbocycles. The van der Waals surface area contributed by atoms with Crippen LogP contribution in [-0.2, 0) is 4.74 Å². The molecule has 4 atom stereocenters. The largest absolute Gasteiger partial charge is 0.393 e. The van der Waals surface area contributed by atoms with Gasteiger partial charge < -0.3 is 25.2 Å². The van der Waals surface area contributed by atoms with E-state index in [0.717, 1.165) is 51.4 Å². The summed E-state index contributed by atoms with van der Waals surface area (Å²) in [5.74, 6) is 0.696. The molecule has 0 heterocycles. The number of aliphatic hydroxyl groups excluding tert-OH is 2. The SMILES string of the molecule is CCCCC(CC)CC(O)(CO)COCC(O)(CO)CC(CC)CCCC. The van der Waals surface area contributed by atoms with E-state index >= 15 is 0 Å². The molecular formula is C22H46O5. The van der Waals surface area contributed by atoms with E-state index in [-0.39, 0.29) is 26.4 Å². The van der Waals surface area contributed by atoms with Crippen LogP contribution in [0.2, 0.25) is 0 Å². The quantitative estimate of drug-likeness (QED) is 0.287. The molecule has 0 radical (unpaired) electrons. The summed E-state index contributed by atoms with van der Waals surface area (Å²) >= 11 is 0. The van der Waals surface area contributed by atoms with Crippen molar-refractivity contribution in [3.63, 3.8) is 0 Å². The van der Waals surface area contributed by atoms with Gasteiger partial charge >= 0.3 is 0 Å². The number of rotatable bonds is 18. The van der Waals surface area contributed by atoms with Gasteiger partial charge in [-0.15, -0.1) is 0 Å². The number of ether oxygens (including phenoxy) is 1. The Bertz CT molecular complexity index is 320. The normalized spacial score (nSPS) is 18.7. The van der Waals surface area contributed by atoms with Gasteiger partial charge in [0.2, 0.25) is 0 Å². The van der Waals surface area contributed by atoms with E-state index in [1.54, 1.807) is 0 Å². The van der Waals surface area contributed by atoms with E-state index in [9.17, 15) is 20.4 Å². The van der Waals surface area contributed by atoms with E-state index in [2.05, 4.69) is 27.7 Å². The van der Waals surface area contributed by atoms with Gasteiger partial charge in [-0.25, -0.2) is 0 Å². The summed E-state index contributed by atoms with van der Waals surface area (Å²) in [5.41, 5.74) is -2.59. The molecule has 27 heavy (non-hydrogen) atoms. The predicted molar refractivity (Wildman–Crippen MR) is 111 cm³/mol. The fourth-order valence-electron chi connectivity index (χ4n) is 3.73. The summed E-state index contributed by atoms with van der Waals surface area (Å²) in [4.78, 5) is 0. The molecule has 0 aliphatic heterocycles. The van der Waals surface area contributed by atoms with Crippen LogP contribution in [0.5, 0.6) is 0 Å². The fraction of sp³-hybridized carbons (Fsp3) is 1.00. The standard InChI is InChI=1S/C22H46O5/c1-5-9-11-19(7-3)13-21(25,15-23)17-27-18-22(26,16-24)14-20(8-4)12-10-6-2/h19-20,23-26H,5-18H2,1-4H3. The van der Waals surface area contributed by atoms with E-state index in [0.29, 0.717) is 24.7 Å². The maximum absolute atomic E-state index is 10.7. The maximum atomic E-state index is 10.7. The number of unbranched alkanes of at least 4 members (excludes halogenated alkanes) is 2. The van der Waals surface area contributed by atoms with Crippen LogP contribution < -0.4 is 0 Å². The Balaban J connectivity index is 4.64. The number of hydrogen-bond donors (Lipinski definition) is 4. The third kappa shape index (κ3) is 11.4. The van der Waals surface area contributed by atoms with Crippen LogP contribution in [0.4, 0.5) is 0 Å². The van der Waals surface area contributed by atoms with Gasteiger partial charge in [-0.3, -0.25) is 0 Å². The lowest BCUT2D eigenvalue weighted by Crippen LogP contribution is -2.45. The molecule has 0 amide bonds. The van der Waals surface area contributed by atoms with Crippen LogP contribution in [0.15, 0.2) is 0 Å². The highest BCUT2D eigenvalue weighted by Gasteiger charge is 2.33. The molecule has 0 aromatic heterocycles. The van der Waals surface area contributed by atoms with Gasteiger partial charge in [-0.1, -0.05) is 79.1 Å². The molecule has 0 saturated heterocycles. The van der Waals surface area contributed by atoms with Crippen LogP contribution in [0.1, 0.15) is 91.9 Å². The zero-order valence-corrected chi connectivity index (χ0v) is 18.3. The average Bonchev–Trinajstić information content (AvgIpc) is 2.68. The first-order valence-corrected chi connectivity index (χ1v) is 11.1. The first-order chi connectivity index (χ1) is 12.8. The van der Waals surface area contributed by atoms with Crippen LogP contribution >= 0.6 is 0 Å². The maximum Gasteiger partial charge on any atom is 0.111 e. The summed E-state index contributed by atoms with van der Waals surface area (Å²) in [5, 5.41) is 40.8. The first-order valence-electron chi connectivity index (χ1n) is 11.1. The van der Waals surface area contributed by atoms with Crippen molar-refractivity contribution in [1.82, 2.24) is 0 Å². The minimum atomic E-state index is -1.29. The monoisotopic (exact) mass is 390 g/mol. The van der Waals surface area contributed by atoms with E-state index in [1.807, 2.05) is 0 Å². The molecular weight excluding hydrogens is 344 g/mol. The first kappa shape index (κ1) is 26.8. The molecule has 0 rings (SSSR count). The summed E-state index contributed by atoms with van der Waals surface area (Å²) < 4.78 is 5.63. The summed E-state index contributed by atoms with van der Waals surface area (Å²) in [6, 6.07) is 0. The lowest BCUT2D eigenvalue weighted by atomic mass is 9.86. The minimum absolute atomic E-state index is 0.0276. The fourth-order valence-corrected chi connectivity index (χ4v) is 3.73. The van der Waals surface area contributed by atoms with Gasteiger partial charge in [0.1, 0.15) is 11.2 Å². The third-order valence-electron chi connectivity index (χ3n) is 5.75. The van der Waals surface area contributed by atoms with E-state index in [1.165, 1.54) is 0 Å². The van der Waals surface area contributed by atoms with Crippen molar-refractivity contribution in [3.05, 3.63) is 0 Å². The highest BCUT2D eigenvalue weighted by Crippen LogP contribution is 2.27. The average molecular weight is 391 g/mol. The molecule has 0 aromatic rings. The topological polar surface area (TPSA) is 90.2 Å². The molecule has 0 bridgehead atoms. The minimum Gasteiger partial charge on any atom is -0.393 e. The molecule has 0 saturated carbocycles. The van der Waals surface area contributed by atoms with Gasteiger partial charge in [0.05, 0.1) is 26.4 Å². The number of aliphatic hydroxyl groups is 4. The van der Waals surface area contributed by atoms with Gasteiger partial charge in [0, 0.05) is 0 Å². The molecule has 0 spiro atoms. The lowest BCUT2D eigenvalue weighted by Gasteiger charge is -2.33. The van der Waals surface area contributed by atoms with Crippen molar-refractivity contribution < 1.29 is 25.2 Å². The molecule has 0 aliphatic rings. The van der Waals surface area contributed by atoms with E-state index < -0.39 is 11.2 Å². The van der Waals surface area contributed by atoms with Crippen molar-refractivity contribution >= 4 is 0 Å². The van der Waals surface area contributed by atoms with Crippen molar-refractivity contribution in [2.75, 3.05) is 26.4 Å². The van der Waals surface area contributed by atoms with Crippen molar-refractivity contribution in [2.45, 2.75) is 103 Å². The second-order valence-electron chi connectivity index (χ2n) is 8.50. The van der Waals surface area contributed by atoms with Crippen LogP contribution in [0.3, 0.4) is 0 Å². The Morgan fingerprint density at radius 1 is 0.704 bits per heavy atom. The Morgan fingerprint density at radius 3 is 1.33 bits per heavy atom. The Hall–Kier alpha value is -0.200. The predicted octanol–water partition coefficient (Wildman–Crippen LogP) is 3.66. The second-order valence-corrected chi connectivity index (χ2v) is 8.50. The van der Waals surface area contributed by atoms with E-state index in [4.69, 9.17) is 4.74 Å². The van der Waals surface area contributed by atoms with Crippen LogP contribution in [-0.4, -0.2) is 58.1 Å². The molecule has 4 N–H and O–H groups in total. The van der Waals surface area contributed by atoms with Gasteiger partial charge in [-0.05, 0) is 24.7 Å². The molecule has 0 aromatic carbocycles. The van der Waals surface area contributed by atoms with Gasteiger partial charge in [0.15, 0.2) is 0 Å². The summed E-state index contributed by atoms with van der Waals surface area (Å²) in [7, 11) is 0. The Kier molecular flexibility index (Phi) is 14.6. The Labute approximate surface area is 167 Å². The molecule has 0 fully saturated rings. The van der Waals surface area contributed by atoms with Gasteiger partial charge in [0.25, 0.3) is 0 Å². The molecule has 4 unspecified atom stereocenters. The summed E-state index contributed by atoms with van der Waals surface area (Å²) in [6.45, 7) is 7.72. The van der Waals surface area contributed by atoms with Crippen LogP contribution in [0.25, 0.3) is 0 Å². The summed E-state index contributed by atoms with van der Waals surface area (Å²) in [6.07, 6.45) is 9.42. The van der Waals surface area contributed by atoms with Crippen molar-refractivity contribution in [1.29, 1.82) is 0 Å². The lowest BCUT2D eigenvalue weighted by molar-refractivity contribution is -0.136. The zero-order valence-electron chi connectivity index (χ0n) is 18.3. The molecule has 5 nitrogen and oxygen atoms in total. The molecule has 5 heteroatoms. The van der Waals surface area contributed by atoms with Crippen LogP contribution in [0, 0.1) is 11.8 Å². The Morgan fingerprint density at radius 2 is 1.07 bits per heavy atom. The zero-order chi connectivity index (χ0) is 20.8.